The van der Waals surface area contributed by atoms with E-state index in [1.54, 1.807) is 0 Å². The van der Waals surface area contributed by atoms with Gasteiger partial charge in [0.2, 0.25) is 17.7 Å². The molecule has 1 aromatic rings. The van der Waals surface area contributed by atoms with E-state index in [1.807, 2.05) is 0 Å². The predicted molar refractivity (Wildman–Crippen MR) is 60.4 cm³/mol. The first-order chi connectivity index (χ1) is 7.34. The number of benzene rings is 1. The van der Waals surface area contributed by atoms with Crippen LogP contribution in [0.2, 0.25) is 0 Å². The molecule has 0 aromatic heterocycles. The Kier molecular flexibility index (Phi) is 5.70. The third kappa shape index (κ3) is 3.47. The first kappa shape index (κ1) is 16.0. The van der Waals surface area contributed by atoms with Crippen molar-refractivity contribution in [1.82, 2.24) is 0 Å². The van der Waals surface area contributed by atoms with E-state index >= 15 is 0 Å². The second-order valence-electron chi connectivity index (χ2n) is 3.01. The number of hydrogen-bond donors (Lipinski definition) is 4. The molecule has 0 atom stereocenters. The van der Waals surface area contributed by atoms with Crippen molar-refractivity contribution in [2.45, 2.75) is 4.90 Å². The molecule has 0 heterocycles. The zero-order valence-electron chi connectivity index (χ0n) is 10.1. The van der Waals surface area contributed by atoms with Crippen LogP contribution in [0.1, 0.15) is 32.5 Å². The van der Waals surface area contributed by atoms with Gasteiger partial charge in [-0.15, -0.1) is 12.6 Å². The van der Waals surface area contributed by atoms with E-state index in [0.29, 0.717) is 0 Å². The van der Waals surface area contributed by atoms with Gasteiger partial charge in [-0.2, -0.15) is 0 Å². The largest absolute Gasteiger partial charge is 1.00 e. The topological polar surface area (TPSA) is 129 Å². The number of primary amides is 3. The van der Waals surface area contributed by atoms with Crippen LogP contribution in [0, 0.1) is 0 Å². The molecule has 0 aliphatic rings. The molecule has 8 heteroatoms. The quantitative estimate of drug-likeness (QED) is 0.332. The van der Waals surface area contributed by atoms with E-state index in [9.17, 15) is 14.4 Å². The standard InChI is InChI=1S/C9H9N3O3S.Na.H/c10-7(13)3-1-4(8(11)14)6(16)5(2-3)9(12)15;;/h1-2,16H,(H2,10,13)(H2,11,14)(H2,12,15);;/q;+1;-1. The van der Waals surface area contributed by atoms with Crippen LogP contribution >= 0.6 is 12.6 Å². The zero-order chi connectivity index (χ0) is 12.5. The molecule has 0 radical (unpaired) electrons. The molecule has 6 nitrogen and oxygen atoms in total. The average Bonchev–Trinajstić information content (AvgIpc) is 2.16. The van der Waals surface area contributed by atoms with Crippen LogP contribution in [0.3, 0.4) is 0 Å². The predicted octanol–water partition coefficient (Wildman–Crippen LogP) is -3.61. The smallest absolute Gasteiger partial charge is 1.00 e. The minimum absolute atomic E-state index is 0. The fraction of sp³-hybridized carbons (Fsp3) is 0. The van der Waals surface area contributed by atoms with Crippen LogP contribution in [0.5, 0.6) is 0 Å². The van der Waals surface area contributed by atoms with Gasteiger partial charge in [0, 0.05) is 10.5 Å². The van der Waals surface area contributed by atoms with Gasteiger partial charge in [0.25, 0.3) is 0 Å². The van der Waals surface area contributed by atoms with Crippen molar-refractivity contribution in [1.29, 1.82) is 0 Å². The molecule has 3 amide bonds. The Morgan fingerprint density at radius 1 is 0.941 bits per heavy atom. The van der Waals surface area contributed by atoms with Gasteiger partial charge in [0.15, 0.2) is 0 Å². The number of hydrogen-bond acceptors (Lipinski definition) is 4. The van der Waals surface area contributed by atoms with E-state index in [1.165, 1.54) is 12.1 Å². The van der Waals surface area contributed by atoms with Crippen LogP contribution in [0.4, 0.5) is 0 Å². The minimum Gasteiger partial charge on any atom is -1.00 e. The molecule has 0 fully saturated rings. The van der Waals surface area contributed by atoms with Crippen molar-refractivity contribution in [3.63, 3.8) is 0 Å². The molecule has 0 saturated carbocycles. The SMILES string of the molecule is NC(=O)c1cc(C(N)=O)c(S)c(C(N)=O)c1.[H-].[Na+]. The van der Waals surface area contributed by atoms with Crippen molar-refractivity contribution in [2.24, 2.45) is 17.2 Å². The Morgan fingerprint density at radius 2 is 1.29 bits per heavy atom. The van der Waals surface area contributed by atoms with Crippen LogP contribution in [0.15, 0.2) is 17.0 Å². The molecular formula is C9H10N3NaO3S. The van der Waals surface area contributed by atoms with Crippen molar-refractivity contribution >= 4 is 30.4 Å². The molecule has 0 aliphatic carbocycles. The normalized spacial score (nSPS) is 9.24. The Hall–Kier alpha value is -1.02. The molecule has 86 valence electrons. The maximum absolute atomic E-state index is 11.0. The van der Waals surface area contributed by atoms with Gasteiger partial charge >= 0.3 is 29.6 Å². The summed E-state index contributed by atoms with van der Waals surface area (Å²) in [5.74, 6) is -2.44. The Labute approximate surface area is 126 Å². The molecule has 0 aliphatic heterocycles. The summed E-state index contributed by atoms with van der Waals surface area (Å²) in [6.07, 6.45) is 0. The first-order valence-electron chi connectivity index (χ1n) is 4.11. The Bertz CT molecular complexity index is 475. The summed E-state index contributed by atoms with van der Waals surface area (Å²) in [5.41, 5.74) is 15.0. The van der Waals surface area contributed by atoms with Gasteiger partial charge in [-0.05, 0) is 12.1 Å². The summed E-state index contributed by atoms with van der Waals surface area (Å²) in [6.45, 7) is 0. The second kappa shape index (κ2) is 6.06. The third-order valence-corrected chi connectivity index (χ3v) is 2.41. The summed E-state index contributed by atoms with van der Waals surface area (Å²) in [6, 6.07) is 2.33. The summed E-state index contributed by atoms with van der Waals surface area (Å²) in [7, 11) is 0. The molecule has 17 heavy (non-hydrogen) atoms. The zero-order valence-corrected chi connectivity index (χ0v) is 12.0. The number of carbonyl (C=O) groups is 3. The number of amides is 3. The van der Waals surface area contributed by atoms with E-state index < -0.39 is 17.7 Å². The molecule has 0 unspecified atom stereocenters. The van der Waals surface area contributed by atoms with Gasteiger partial charge in [-0.25, -0.2) is 0 Å². The summed E-state index contributed by atoms with van der Waals surface area (Å²) >= 11 is 3.95. The molecule has 0 bridgehead atoms. The molecule has 6 N–H and O–H groups in total. The monoisotopic (exact) mass is 263 g/mol. The maximum Gasteiger partial charge on any atom is 1.00 e. The van der Waals surface area contributed by atoms with Gasteiger partial charge in [0.05, 0.1) is 11.1 Å². The van der Waals surface area contributed by atoms with E-state index in [2.05, 4.69) is 12.6 Å². The number of carbonyl (C=O) groups excluding carboxylic acids is 3. The fourth-order valence-electron chi connectivity index (χ4n) is 1.15. The number of rotatable bonds is 3. The maximum atomic E-state index is 11.0. The molecular weight excluding hydrogens is 253 g/mol. The van der Waals surface area contributed by atoms with Gasteiger partial charge in [0.1, 0.15) is 0 Å². The Morgan fingerprint density at radius 3 is 1.53 bits per heavy atom. The van der Waals surface area contributed by atoms with Crippen LogP contribution < -0.4 is 46.8 Å². The van der Waals surface area contributed by atoms with E-state index in [-0.39, 0.29) is 52.6 Å². The van der Waals surface area contributed by atoms with E-state index in [0.717, 1.165) is 0 Å². The van der Waals surface area contributed by atoms with Gasteiger partial charge in [-0.3, -0.25) is 14.4 Å². The van der Waals surface area contributed by atoms with Gasteiger partial charge in [-0.1, -0.05) is 0 Å². The van der Waals surface area contributed by atoms with E-state index in [4.69, 9.17) is 17.2 Å². The second-order valence-corrected chi connectivity index (χ2v) is 3.46. The van der Waals surface area contributed by atoms with Crippen LogP contribution in [-0.4, -0.2) is 17.7 Å². The molecule has 1 rings (SSSR count). The summed E-state index contributed by atoms with van der Waals surface area (Å²) in [4.78, 5) is 33.1. The third-order valence-electron chi connectivity index (χ3n) is 1.93. The minimum atomic E-state index is -0.824. The average molecular weight is 263 g/mol. The number of thiol groups is 1. The molecule has 0 spiro atoms. The first-order valence-corrected chi connectivity index (χ1v) is 4.55. The Balaban J connectivity index is 0. The van der Waals surface area contributed by atoms with Crippen molar-refractivity contribution in [3.05, 3.63) is 28.8 Å². The van der Waals surface area contributed by atoms with Crippen molar-refractivity contribution in [3.8, 4) is 0 Å². The van der Waals surface area contributed by atoms with Crippen LogP contribution in [-0.2, 0) is 0 Å². The van der Waals surface area contributed by atoms with Gasteiger partial charge < -0.3 is 18.6 Å². The fourth-order valence-corrected chi connectivity index (χ4v) is 1.50. The van der Waals surface area contributed by atoms with Crippen molar-refractivity contribution < 1.29 is 45.4 Å². The number of nitrogens with two attached hydrogens (primary N) is 3. The summed E-state index contributed by atoms with van der Waals surface area (Å²) < 4.78 is 0. The molecule has 0 saturated heterocycles. The van der Waals surface area contributed by atoms with Crippen LogP contribution in [0.25, 0.3) is 0 Å². The van der Waals surface area contributed by atoms with Crippen molar-refractivity contribution in [2.75, 3.05) is 0 Å². The molecule has 1 aromatic carbocycles. The summed E-state index contributed by atoms with van der Waals surface area (Å²) in [5, 5.41) is 0.